The molecule has 3 aromatic rings. The van der Waals surface area contributed by atoms with Crippen molar-refractivity contribution in [2.24, 2.45) is 0 Å². The minimum absolute atomic E-state index is 0.243. The van der Waals surface area contributed by atoms with E-state index in [-0.39, 0.29) is 17.4 Å². The van der Waals surface area contributed by atoms with Gasteiger partial charge in [-0.2, -0.15) is 9.78 Å². The molecule has 0 saturated heterocycles. The average molecular weight is 358 g/mol. The number of amides is 1. The zero-order valence-corrected chi connectivity index (χ0v) is 14.7. The van der Waals surface area contributed by atoms with Gasteiger partial charge >= 0.3 is 0 Å². The summed E-state index contributed by atoms with van der Waals surface area (Å²) in [6.45, 7) is 5.23. The van der Waals surface area contributed by atoms with Crippen LogP contribution in [-0.4, -0.2) is 25.7 Å². The summed E-state index contributed by atoms with van der Waals surface area (Å²) in [4.78, 5) is 31.4. The van der Waals surface area contributed by atoms with Gasteiger partial charge in [-0.3, -0.25) is 14.6 Å². The number of hydrogen-bond donors (Lipinski definition) is 2. The van der Waals surface area contributed by atoms with Gasteiger partial charge in [-0.15, -0.1) is 0 Å². The minimum atomic E-state index is -0.316. The van der Waals surface area contributed by atoms with Crippen LogP contribution in [0.15, 0.2) is 35.1 Å². The molecule has 0 aliphatic carbocycles. The molecule has 0 aliphatic heterocycles. The van der Waals surface area contributed by atoms with E-state index in [2.05, 4.69) is 20.4 Å². The number of aromatic amines is 1. The Labute approximate surface area is 148 Å². The molecule has 0 unspecified atom stereocenters. The molecule has 1 aromatic carbocycles. The highest BCUT2D eigenvalue weighted by Gasteiger charge is 2.15. The Morgan fingerprint density at radius 2 is 1.88 bits per heavy atom. The second-order valence-electron chi connectivity index (χ2n) is 5.64. The van der Waals surface area contributed by atoms with Gasteiger partial charge in [0.25, 0.3) is 11.5 Å². The number of nitrogens with one attached hydrogen (secondary N) is 2. The maximum absolute atomic E-state index is 12.4. The van der Waals surface area contributed by atoms with E-state index in [1.165, 1.54) is 4.68 Å². The molecule has 25 heavy (non-hydrogen) atoms. The lowest BCUT2D eigenvalue weighted by Gasteiger charge is -2.09. The van der Waals surface area contributed by atoms with Gasteiger partial charge in [-0.1, -0.05) is 11.6 Å². The number of nitrogens with zero attached hydrogens (tertiary/aromatic N) is 3. The summed E-state index contributed by atoms with van der Waals surface area (Å²) in [5, 5.41) is 7.63. The minimum Gasteiger partial charge on any atom is -0.306 e. The number of rotatable bonds is 3. The van der Waals surface area contributed by atoms with Crippen molar-refractivity contribution in [1.82, 2.24) is 19.7 Å². The first kappa shape index (κ1) is 16.9. The van der Waals surface area contributed by atoms with Crippen molar-refractivity contribution in [3.05, 3.63) is 68.2 Å². The quantitative estimate of drug-likeness (QED) is 0.753. The van der Waals surface area contributed by atoms with E-state index >= 15 is 0 Å². The number of H-pyrrole nitrogens is 1. The Morgan fingerprint density at radius 1 is 1.20 bits per heavy atom. The van der Waals surface area contributed by atoms with Crippen LogP contribution in [0, 0.1) is 20.8 Å². The van der Waals surface area contributed by atoms with Crippen LogP contribution in [0.5, 0.6) is 0 Å². The van der Waals surface area contributed by atoms with E-state index in [0.717, 1.165) is 0 Å². The molecular weight excluding hydrogens is 342 g/mol. The standard InChI is InChI=1S/C17H16ClN5O2/c1-9-8-14(20-16(25)12-4-6-13(18)7-5-12)23(22-9)17-19-11(3)10(2)15(24)21-17/h4-8H,1-3H3,(H,20,25)(H,19,21,24). The van der Waals surface area contributed by atoms with Gasteiger partial charge in [0.05, 0.1) is 5.69 Å². The normalized spacial score (nSPS) is 10.7. The van der Waals surface area contributed by atoms with Crippen LogP contribution in [0.4, 0.5) is 5.82 Å². The fourth-order valence-corrected chi connectivity index (χ4v) is 2.40. The molecule has 7 nitrogen and oxygen atoms in total. The van der Waals surface area contributed by atoms with Crippen LogP contribution in [0.3, 0.4) is 0 Å². The zero-order valence-electron chi connectivity index (χ0n) is 13.9. The predicted octanol–water partition coefficient (Wildman–Crippen LogP) is 2.79. The highest BCUT2D eigenvalue weighted by molar-refractivity contribution is 6.30. The van der Waals surface area contributed by atoms with E-state index in [0.29, 0.717) is 33.4 Å². The number of aromatic nitrogens is 4. The molecule has 0 aliphatic rings. The second kappa shape index (κ2) is 6.52. The fourth-order valence-electron chi connectivity index (χ4n) is 2.27. The van der Waals surface area contributed by atoms with Gasteiger partial charge in [0.15, 0.2) is 0 Å². The first-order valence-electron chi connectivity index (χ1n) is 7.56. The monoisotopic (exact) mass is 357 g/mol. The highest BCUT2D eigenvalue weighted by Crippen LogP contribution is 2.16. The van der Waals surface area contributed by atoms with E-state index in [1.807, 2.05) is 0 Å². The maximum atomic E-state index is 12.4. The average Bonchev–Trinajstić information content (AvgIpc) is 2.93. The van der Waals surface area contributed by atoms with Crippen molar-refractivity contribution in [3.63, 3.8) is 0 Å². The van der Waals surface area contributed by atoms with E-state index in [1.54, 1.807) is 51.1 Å². The lowest BCUT2D eigenvalue weighted by molar-refractivity contribution is 0.102. The Morgan fingerprint density at radius 3 is 2.52 bits per heavy atom. The van der Waals surface area contributed by atoms with Crippen LogP contribution in [0.2, 0.25) is 5.02 Å². The van der Waals surface area contributed by atoms with Gasteiger partial charge in [0, 0.05) is 27.9 Å². The predicted molar refractivity (Wildman–Crippen MR) is 95.6 cm³/mol. The molecule has 2 N–H and O–H groups in total. The molecule has 0 spiro atoms. The third-order valence-corrected chi connectivity index (χ3v) is 4.01. The van der Waals surface area contributed by atoms with Crippen molar-refractivity contribution in [2.75, 3.05) is 5.32 Å². The van der Waals surface area contributed by atoms with E-state index < -0.39 is 0 Å². The smallest absolute Gasteiger partial charge is 0.256 e. The highest BCUT2D eigenvalue weighted by atomic mass is 35.5. The van der Waals surface area contributed by atoms with Crippen molar-refractivity contribution in [1.29, 1.82) is 0 Å². The van der Waals surface area contributed by atoms with Crippen molar-refractivity contribution >= 4 is 23.3 Å². The zero-order chi connectivity index (χ0) is 18.1. The Hall–Kier alpha value is -2.93. The molecule has 2 aromatic heterocycles. The van der Waals surface area contributed by atoms with Crippen molar-refractivity contribution in [2.45, 2.75) is 20.8 Å². The molecule has 1 amide bonds. The summed E-state index contributed by atoms with van der Waals surface area (Å²) < 4.78 is 1.40. The van der Waals surface area contributed by atoms with Crippen molar-refractivity contribution in [3.8, 4) is 5.95 Å². The fraction of sp³-hybridized carbons (Fsp3) is 0.176. The lowest BCUT2D eigenvalue weighted by atomic mass is 10.2. The number of aryl methyl sites for hydroxylation is 2. The largest absolute Gasteiger partial charge is 0.306 e. The summed E-state index contributed by atoms with van der Waals surface area (Å²) in [5.41, 5.74) is 2.02. The molecule has 0 atom stereocenters. The molecule has 128 valence electrons. The Kier molecular flexibility index (Phi) is 4.41. The Balaban J connectivity index is 1.98. The lowest BCUT2D eigenvalue weighted by Crippen LogP contribution is -2.20. The SMILES string of the molecule is Cc1cc(NC(=O)c2ccc(Cl)cc2)n(-c2nc(C)c(C)c(=O)[nH]2)n1. The van der Waals surface area contributed by atoms with Crippen LogP contribution in [-0.2, 0) is 0 Å². The van der Waals surface area contributed by atoms with Gasteiger partial charge in [-0.05, 0) is 45.0 Å². The number of benzene rings is 1. The Bertz CT molecular complexity index is 1000. The number of halogens is 1. The third-order valence-electron chi connectivity index (χ3n) is 3.76. The molecule has 0 radical (unpaired) electrons. The molecule has 0 bridgehead atoms. The van der Waals surface area contributed by atoms with Crippen LogP contribution >= 0.6 is 11.6 Å². The van der Waals surface area contributed by atoms with E-state index in [9.17, 15) is 9.59 Å². The second-order valence-corrected chi connectivity index (χ2v) is 6.08. The summed E-state index contributed by atoms with van der Waals surface area (Å²) in [6, 6.07) is 8.23. The molecule has 0 fully saturated rings. The van der Waals surface area contributed by atoms with Crippen molar-refractivity contribution < 1.29 is 4.79 Å². The van der Waals surface area contributed by atoms with Gasteiger partial charge < -0.3 is 5.32 Å². The summed E-state index contributed by atoms with van der Waals surface area (Å²) >= 11 is 5.84. The summed E-state index contributed by atoms with van der Waals surface area (Å²) in [7, 11) is 0. The molecule has 2 heterocycles. The van der Waals surface area contributed by atoms with Crippen LogP contribution < -0.4 is 10.9 Å². The number of hydrogen-bond acceptors (Lipinski definition) is 4. The molecule has 3 rings (SSSR count). The van der Waals surface area contributed by atoms with Gasteiger partial charge in [-0.25, -0.2) is 4.98 Å². The topological polar surface area (TPSA) is 92.7 Å². The molecule has 8 heteroatoms. The number of carbonyl (C=O) groups is 1. The summed E-state index contributed by atoms with van der Waals surface area (Å²) in [5.74, 6) is 0.334. The van der Waals surface area contributed by atoms with Gasteiger partial charge in [0.1, 0.15) is 5.82 Å². The molecule has 0 saturated carbocycles. The first-order chi connectivity index (χ1) is 11.8. The van der Waals surface area contributed by atoms with E-state index in [4.69, 9.17) is 11.6 Å². The molecular formula is C17H16ClN5O2. The van der Waals surface area contributed by atoms with Gasteiger partial charge in [0.2, 0.25) is 5.95 Å². The van der Waals surface area contributed by atoms with Crippen LogP contribution in [0.1, 0.15) is 27.3 Å². The first-order valence-corrected chi connectivity index (χ1v) is 7.94. The summed E-state index contributed by atoms with van der Waals surface area (Å²) in [6.07, 6.45) is 0. The number of carbonyl (C=O) groups excluding carboxylic acids is 1. The maximum Gasteiger partial charge on any atom is 0.256 e. The number of anilines is 1. The van der Waals surface area contributed by atoms with Crippen LogP contribution in [0.25, 0.3) is 5.95 Å². The third kappa shape index (κ3) is 3.46.